The van der Waals surface area contributed by atoms with E-state index in [4.69, 9.17) is 0 Å². The zero-order valence-electron chi connectivity index (χ0n) is 15.5. The van der Waals surface area contributed by atoms with Crippen molar-refractivity contribution in [2.24, 2.45) is 5.92 Å². The summed E-state index contributed by atoms with van der Waals surface area (Å²) < 4.78 is 14.7. The van der Waals surface area contributed by atoms with Gasteiger partial charge in [-0.2, -0.15) is 0 Å². The molecule has 2 N–H and O–H groups in total. The van der Waals surface area contributed by atoms with Crippen molar-refractivity contribution >= 4 is 29.3 Å². The first kappa shape index (κ1) is 18.5. The van der Waals surface area contributed by atoms with Crippen molar-refractivity contribution in [1.82, 2.24) is 15.5 Å². The molecule has 0 radical (unpaired) electrons. The first-order chi connectivity index (χ1) is 13.4. The van der Waals surface area contributed by atoms with Crippen LogP contribution in [0.2, 0.25) is 0 Å². The molecule has 0 aliphatic carbocycles. The number of carbonyl (C=O) groups excluding carboxylic acids is 4. The Kier molecular flexibility index (Phi) is 4.62. The number of hydrogen-bond donors (Lipinski definition) is 2. The molecule has 1 aromatic carbocycles. The minimum atomic E-state index is -1.06. The first-order valence-electron chi connectivity index (χ1n) is 9.33. The van der Waals surface area contributed by atoms with Gasteiger partial charge in [-0.15, -0.1) is 0 Å². The summed E-state index contributed by atoms with van der Waals surface area (Å²) in [5.41, 5.74) is 0.284. The van der Waals surface area contributed by atoms with E-state index in [0.29, 0.717) is 12.5 Å². The van der Waals surface area contributed by atoms with Gasteiger partial charge in [-0.3, -0.25) is 29.4 Å². The Morgan fingerprint density at radius 2 is 1.86 bits per heavy atom. The maximum Gasteiger partial charge on any atom is 0.262 e. The second kappa shape index (κ2) is 6.97. The zero-order valence-corrected chi connectivity index (χ0v) is 15.5. The molecule has 4 amide bonds. The highest BCUT2D eigenvalue weighted by molar-refractivity contribution is 6.23. The molecule has 2 fully saturated rings. The summed E-state index contributed by atoms with van der Waals surface area (Å²) in [6.45, 7) is 2.42. The normalized spacial score (nSPS) is 24.6. The Hall–Kier alpha value is -2.81. The Bertz CT molecular complexity index is 881. The standard InChI is InChI=1S/C19H21FN4O4/c1-23(9-10-4-5-21-8-10)15-7-12-11(6-13(15)20)18(27)24(19(12)28)14-2-3-16(25)22-17(14)26/h6-7,10,14,21H,2-5,8-9H2,1H3,(H,22,25,26). The number of nitrogens with zero attached hydrogens (tertiary/aromatic N) is 2. The van der Waals surface area contributed by atoms with Crippen molar-refractivity contribution in [3.8, 4) is 0 Å². The van der Waals surface area contributed by atoms with Crippen molar-refractivity contribution in [3.05, 3.63) is 29.1 Å². The highest BCUT2D eigenvalue weighted by Crippen LogP contribution is 2.32. The predicted octanol–water partition coefficient (Wildman–Crippen LogP) is 0.273. The van der Waals surface area contributed by atoms with Crippen molar-refractivity contribution in [2.45, 2.75) is 25.3 Å². The molecule has 0 aromatic heterocycles. The molecule has 0 saturated carbocycles. The lowest BCUT2D eigenvalue weighted by atomic mass is 10.0. The fourth-order valence-electron chi connectivity index (χ4n) is 4.13. The van der Waals surface area contributed by atoms with Crippen LogP contribution < -0.4 is 15.5 Å². The van der Waals surface area contributed by atoms with Crippen LogP contribution in [0.25, 0.3) is 0 Å². The molecule has 148 valence electrons. The van der Waals surface area contributed by atoms with Gasteiger partial charge in [0.15, 0.2) is 0 Å². The van der Waals surface area contributed by atoms with E-state index >= 15 is 0 Å². The van der Waals surface area contributed by atoms with E-state index in [1.807, 2.05) is 0 Å². The maximum absolute atomic E-state index is 14.7. The molecule has 8 nitrogen and oxygen atoms in total. The topological polar surface area (TPSA) is 98.8 Å². The SMILES string of the molecule is CN(CC1CCNC1)c1cc2c(cc1F)C(=O)N(C1CCC(=O)NC1=O)C2=O. The van der Waals surface area contributed by atoms with Crippen LogP contribution in [0.4, 0.5) is 10.1 Å². The summed E-state index contributed by atoms with van der Waals surface area (Å²) in [6, 6.07) is 1.40. The summed E-state index contributed by atoms with van der Waals surface area (Å²) in [5.74, 6) is -2.66. The number of nitrogens with one attached hydrogen (secondary N) is 2. The lowest BCUT2D eigenvalue weighted by molar-refractivity contribution is -0.136. The molecular formula is C19H21FN4O4. The molecule has 0 spiro atoms. The Morgan fingerprint density at radius 3 is 2.50 bits per heavy atom. The highest BCUT2D eigenvalue weighted by atomic mass is 19.1. The molecule has 3 aliphatic rings. The second-order valence-corrected chi connectivity index (χ2v) is 7.54. The smallest absolute Gasteiger partial charge is 0.262 e. The third kappa shape index (κ3) is 3.05. The summed E-state index contributed by atoms with van der Waals surface area (Å²) >= 11 is 0. The third-order valence-corrected chi connectivity index (χ3v) is 5.61. The zero-order chi connectivity index (χ0) is 20.0. The van der Waals surface area contributed by atoms with Crippen LogP contribution >= 0.6 is 0 Å². The molecule has 0 bridgehead atoms. The lowest BCUT2D eigenvalue weighted by Gasteiger charge is -2.27. The number of imide groups is 2. The molecular weight excluding hydrogens is 367 g/mol. The van der Waals surface area contributed by atoms with Gasteiger partial charge >= 0.3 is 0 Å². The van der Waals surface area contributed by atoms with Gasteiger partial charge in [-0.05, 0) is 44.0 Å². The van der Waals surface area contributed by atoms with Gasteiger partial charge in [0.05, 0.1) is 16.8 Å². The number of anilines is 1. The van der Waals surface area contributed by atoms with Gasteiger partial charge in [0.25, 0.3) is 11.8 Å². The van der Waals surface area contributed by atoms with Crippen LogP contribution in [0.1, 0.15) is 40.0 Å². The van der Waals surface area contributed by atoms with Crippen LogP contribution in [0.3, 0.4) is 0 Å². The summed E-state index contributed by atoms with van der Waals surface area (Å²) in [7, 11) is 1.75. The number of piperidine rings is 1. The average Bonchev–Trinajstić information content (AvgIpc) is 3.23. The van der Waals surface area contributed by atoms with Crippen LogP contribution in [-0.2, 0) is 9.59 Å². The van der Waals surface area contributed by atoms with Gasteiger partial charge in [-0.25, -0.2) is 4.39 Å². The van der Waals surface area contributed by atoms with E-state index in [0.717, 1.165) is 30.5 Å². The second-order valence-electron chi connectivity index (χ2n) is 7.54. The van der Waals surface area contributed by atoms with E-state index < -0.39 is 35.5 Å². The van der Waals surface area contributed by atoms with E-state index in [1.54, 1.807) is 11.9 Å². The number of fused-ring (bicyclic) bond motifs is 1. The third-order valence-electron chi connectivity index (χ3n) is 5.61. The van der Waals surface area contributed by atoms with Crippen LogP contribution in [0.5, 0.6) is 0 Å². The van der Waals surface area contributed by atoms with E-state index in [9.17, 15) is 23.6 Å². The minimum Gasteiger partial charge on any atom is -0.372 e. The molecule has 4 rings (SSSR count). The molecule has 1 aromatic rings. The van der Waals surface area contributed by atoms with E-state index in [1.165, 1.54) is 6.07 Å². The highest BCUT2D eigenvalue weighted by Gasteiger charge is 2.45. The molecule has 2 atom stereocenters. The predicted molar refractivity (Wildman–Crippen MR) is 97.3 cm³/mol. The number of amides is 4. The number of carbonyl (C=O) groups is 4. The molecule has 2 saturated heterocycles. The molecule has 2 unspecified atom stereocenters. The lowest BCUT2D eigenvalue weighted by Crippen LogP contribution is -2.54. The van der Waals surface area contributed by atoms with Gasteiger partial charge in [0.1, 0.15) is 11.9 Å². The van der Waals surface area contributed by atoms with Gasteiger partial charge in [-0.1, -0.05) is 0 Å². The summed E-state index contributed by atoms with van der Waals surface area (Å²) in [5, 5.41) is 5.40. The largest absolute Gasteiger partial charge is 0.372 e. The average molecular weight is 388 g/mol. The number of rotatable bonds is 4. The first-order valence-corrected chi connectivity index (χ1v) is 9.33. The van der Waals surface area contributed by atoms with Crippen molar-refractivity contribution in [2.75, 3.05) is 31.6 Å². The van der Waals surface area contributed by atoms with Gasteiger partial charge in [0, 0.05) is 20.0 Å². The molecule has 3 heterocycles. The van der Waals surface area contributed by atoms with Gasteiger partial charge < -0.3 is 10.2 Å². The fraction of sp³-hybridized carbons (Fsp3) is 0.474. The van der Waals surface area contributed by atoms with Gasteiger partial charge in [0.2, 0.25) is 11.8 Å². The van der Waals surface area contributed by atoms with Crippen molar-refractivity contribution in [1.29, 1.82) is 0 Å². The number of benzene rings is 1. The van der Waals surface area contributed by atoms with Crippen LogP contribution in [0.15, 0.2) is 12.1 Å². The molecule has 3 aliphatic heterocycles. The monoisotopic (exact) mass is 388 g/mol. The maximum atomic E-state index is 14.7. The van der Waals surface area contributed by atoms with Crippen LogP contribution in [0, 0.1) is 11.7 Å². The van der Waals surface area contributed by atoms with E-state index in [-0.39, 0.29) is 29.7 Å². The number of hydrogen-bond acceptors (Lipinski definition) is 6. The molecule has 9 heteroatoms. The Morgan fingerprint density at radius 1 is 1.14 bits per heavy atom. The van der Waals surface area contributed by atoms with E-state index in [2.05, 4.69) is 10.6 Å². The Balaban J connectivity index is 1.61. The Labute approximate surface area is 161 Å². The number of halogens is 1. The minimum absolute atomic E-state index is 0.0432. The van der Waals surface area contributed by atoms with Crippen molar-refractivity contribution < 1.29 is 23.6 Å². The van der Waals surface area contributed by atoms with Crippen LogP contribution in [-0.4, -0.2) is 61.3 Å². The molecule has 28 heavy (non-hydrogen) atoms. The summed E-state index contributed by atoms with van der Waals surface area (Å²) in [6.07, 6.45) is 1.11. The fourth-order valence-corrected chi connectivity index (χ4v) is 4.13. The quantitative estimate of drug-likeness (QED) is 0.719. The van der Waals surface area contributed by atoms with Crippen molar-refractivity contribution in [3.63, 3.8) is 0 Å². The summed E-state index contributed by atoms with van der Waals surface area (Å²) in [4.78, 5) is 51.6.